The van der Waals surface area contributed by atoms with Crippen LogP contribution in [0.15, 0.2) is 10.7 Å². The van der Waals surface area contributed by atoms with Crippen molar-refractivity contribution < 1.29 is 9.52 Å². The Bertz CT molecular complexity index is 427. The zero-order valence-electron chi connectivity index (χ0n) is 12.3. The predicted octanol–water partition coefficient (Wildman–Crippen LogP) is 1.40. The number of aryl methyl sites for hydroxylation is 1. The van der Waals surface area contributed by atoms with Crippen molar-refractivity contribution in [3.05, 3.63) is 17.8 Å². The van der Waals surface area contributed by atoms with Gasteiger partial charge in [0.05, 0.1) is 11.8 Å². The number of aliphatic hydroxyl groups is 1. The zero-order chi connectivity index (χ0) is 13.9. The second-order valence-electron chi connectivity index (χ2n) is 6.16. The maximum atomic E-state index is 9.79. The second-order valence-corrected chi connectivity index (χ2v) is 6.16. The van der Waals surface area contributed by atoms with Gasteiger partial charge < -0.3 is 9.52 Å². The highest BCUT2D eigenvalue weighted by atomic mass is 16.3. The molecule has 3 heterocycles. The molecule has 0 aromatic carbocycles. The van der Waals surface area contributed by atoms with Crippen LogP contribution in [0.2, 0.25) is 0 Å². The third-order valence-electron chi connectivity index (χ3n) is 4.55. The molecule has 1 aromatic rings. The normalized spacial score (nSPS) is 27.0. The highest BCUT2D eigenvalue weighted by molar-refractivity contribution is 4.96. The van der Waals surface area contributed by atoms with Gasteiger partial charge in [-0.25, -0.2) is 4.98 Å². The van der Waals surface area contributed by atoms with Crippen molar-refractivity contribution in [1.29, 1.82) is 0 Å². The summed E-state index contributed by atoms with van der Waals surface area (Å²) in [5.41, 5.74) is 1.04. The Labute approximate surface area is 120 Å². The highest BCUT2D eigenvalue weighted by Gasteiger charge is 2.28. The summed E-state index contributed by atoms with van der Waals surface area (Å²) in [6.07, 6.45) is 6.16. The Morgan fingerprint density at radius 2 is 2.10 bits per heavy atom. The van der Waals surface area contributed by atoms with E-state index in [2.05, 4.69) is 14.8 Å². The lowest BCUT2D eigenvalue weighted by Gasteiger charge is -2.41. The quantitative estimate of drug-likeness (QED) is 0.906. The van der Waals surface area contributed by atoms with E-state index in [9.17, 15) is 5.11 Å². The van der Waals surface area contributed by atoms with Crippen LogP contribution in [0.4, 0.5) is 0 Å². The van der Waals surface area contributed by atoms with E-state index in [4.69, 9.17) is 4.42 Å². The van der Waals surface area contributed by atoms with Gasteiger partial charge in [-0.1, -0.05) is 0 Å². The topological polar surface area (TPSA) is 52.7 Å². The molecule has 0 aliphatic carbocycles. The fourth-order valence-corrected chi connectivity index (χ4v) is 3.47. The van der Waals surface area contributed by atoms with Crippen LogP contribution in [0, 0.1) is 6.92 Å². The summed E-state index contributed by atoms with van der Waals surface area (Å²) in [7, 11) is 0. The van der Waals surface area contributed by atoms with Crippen LogP contribution in [0.3, 0.4) is 0 Å². The fourth-order valence-electron chi connectivity index (χ4n) is 3.47. The fraction of sp³-hybridized carbons (Fsp3) is 0.800. The van der Waals surface area contributed by atoms with Crippen LogP contribution >= 0.6 is 0 Å². The van der Waals surface area contributed by atoms with Gasteiger partial charge in [0, 0.05) is 39.1 Å². The average molecular weight is 279 g/mol. The molecule has 5 nitrogen and oxygen atoms in total. The summed E-state index contributed by atoms with van der Waals surface area (Å²) in [4.78, 5) is 9.32. The van der Waals surface area contributed by atoms with Gasteiger partial charge in [-0.2, -0.15) is 0 Å². The van der Waals surface area contributed by atoms with E-state index in [1.807, 2.05) is 6.92 Å². The lowest BCUT2D eigenvalue weighted by atomic mass is 9.99. The number of piperidine rings is 2. The number of β-amino-alcohol motifs (C(OH)–C–C–N with tert-alkyl or cyclic N) is 1. The number of rotatable bonds is 3. The minimum Gasteiger partial charge on any atom is -0.449 e. The third-order valence-corrected chi connectivity index (χ3v) is 4.55. The number of aliphatic hydroxyl groups excluding tert-OH is 1. The van der Waals surface area contributed by atoms with Crippen molar-refractivity contribution in [2.75, 3.05) is 26.2 Å². The van der Waals surface area contributed by atoms with Crippen molar-refractivity contribution in [3.63, 3.8) is 0 Å². The Balaban J connectivity index is 1.47. The molecule has 2 aliphatic rings. The first-order valence-corrected chi connectivity index (χ1v) is 7.76. The molecule has 2 saturated heterocycles. The van der Waals surface area contributed by atoms with Crippen molar-refractivity contribution in [2.45, 2.75) is 51.3 Å². The summed E-state index contributed by atoms with van der Waals surface area (Å²) >= 11 is 0. The minimum absolute atomic E-state index is 0.111. The van der Waals surface area contributed by atoms with Gasteiger partial charge in [0.15, 0.2) is 5.89 Å². The van der Waals surface area contributed by atoms with Gasteiger partial charge in [-0.05, 0) is 32.2 Å². The maximum absolute atomic E-state index is 9.79. The number of oxazole rings is 1. The van der Waals surface area contributed by atoms with E-state index in [0.29, 0.717) is 6.04 Å². The first-order valence-electron chi connectivity index (χ1n) is 7.76. The van der Waals surface area contributed by atoms with E-state index >= 15 is 0 Å². The van der Waals surface area contributed by atoms with Crippen molar-refractivity contribution >= 4 is 0 Å². The second kappa shape index (κ2) is 6.24. The van der Waals surface area contributed by atoms with Crippen LogP contribution in [0.25, 0.3) is 0 Å². The molecule has 20 heavy (non-hydrogen) atoms. The van der Waals surface area contributed by atoms with Gasteiger partial charge in [0.25, 0.3) is 0 Å². The molecule has 0 amide bonds. The Morgan fingerprint density at radius 3 is 2.75 bits per heavy atom. The molecule has 5 heteroatoms. The Hall–Kier alpha value is -0.910. The minimum atomic E-state index is -0.111. The van der Waals surface area contributed by atoms with Gasteiger partial charge in [-0.15, -0.1) is 0 Å². The van der Waals surface area contributed by atoms with E-state index in [1.165, 1.54) is 12.8 Å². The van der Waals surface area contributed by atoms with Crippen molar-refractivity contribution in [1.82, 2.24) is 14.8 Å². The van der Waals surface area contributed by atoms with Crippen LogP contribution in [0.1, 0.15) is 37.3 Å². The smallest absolute Gasteiger partial charge is 0.191 e. The number of likely N-dealkylation sites (tertiary alicyclic amines) is 2. The summed E-state index contributed by atoms with van der Waals surface area (Å²) in [5, 5.41) is 9.79. The molecule has 2 fully saturated rings. The SMILES string of the molecule is Cc1nc(CN2CCC(N3CCC[C@@H](O)C3)CC2)co1. The summed E-state index contributed by atoms with van der Waals surface area (Å²) in [6, 6.07) is 0.653. The van der Waals surface area contributed by atoms with Crippen LogP contribution in [-0.4, -0.2) is 58.2 Å². The van der Waals surface area contributed by atoms with Crippen LogP contribution in [0.5, 0.6) is 0 Å². The standard InChI is InChI=1S/C15H25N3O2/c1-12-16-13(11-20-12)9-17-7-4-14(5-8-17)18-6-2-3-15(19)10-18/h11,14-15,19H,2-10H2,1H3/t15-/m1/s1. The molecule has 0 saturated carbocycles. The first-order chi connectivity index (χ1) is 9.70. The number of nitrogens with zero attached hydrogens (tertiary/aromatic N) is 3. The molecule has 0 bridgehead atoms. The molecule has 0 radical (unpaired) electrons. The molecule has 2 aliphatic heterocycles. The average Bonchev–Trinajstić information content (AvgIpc) is 2.85. The zero-order valence-corrected chi connectivity index (χ0v) is 12.3. The number of hydrogen-bond donors (Lipinski definition) is 1. The van der Waals surface area contributed by atoms with Crippen molar-refractivity contribution in [3.8, 4) is 0 Å². The molecular weight excluding hydrogens is 254 g/mol. The van der Waals surface area contributed by atoms with Gasteiger partial charge in [0.2, 0.25) is 0 Å². The maximum Gasteiger partial charge on any atom is 0.191 e. The highest BCUT2D eigenvalue weighted by Crippen LogP contribution is 2.22. The Morgan fingerprint density at radius 1 is 1.30 bits per heavy atom. The molecule has 1 aromatic heterocycles. The molecule has 0 spiro atoms. The van der Waals surface area contributed by atoms with Crippen LogP contribution < -0.4 is 0 Å². The third kappa shape index (κ3) is 3.40. The largest absolute Gasteiger partial charge is 0.449 e. The van der Waals surface area contributed by atoms with E-state index in [1.54, 1.807) is 6.26 Å². The lowest BCUT2D eigenvalue weighted by Crippen LogP contribution is -2.49. The Kier molecular flexibility index (Phi) is 4.38. The van der Waals surface area contributed by atoms with E-state index in [-0.39, 0.29) is 6.10 Å². The molecule has 3 rings (SSSR count). The van der Waals surface area contributed by atoms with E-state index in [0.717, 1.165) is 57.2 Å². The van der Waals surface area contributed by atoms with Crippen LogP contribution in [-0.2, 0) is 6.54 Å². The lowest BCUT2D eigenvalue weighted by molar-refractivity contribution is 0.0242. The monoisotopic (exact) mass is 279 g/mol. The van der Waals surface area contributed by atoms with Crippen molar-refractivity contribution in [2.24, 2.45) is 0 Å². The molecular formula is C15H25N3O2. The van der Waals surface area contributed by atoms with Gasteiger partial charge in [0.1, 0.15) is 6.26 Å². The first kappa shape index (κ1) is 14.0. The molecule has 1 atom stereocenters. The van der Waals surface area contributed by atoms with Gasteiger partial charge in [-0.3, -0.25) is 9.80 Å². The molecule has 112 valence electrons. The van der Waals surface area contributed by atoms with Gasteiger partial charge >= 0.3 is 0 Å². The summed E-state index contributed by atoms with van der Waals surface area (Å²) in [6.45, 7) is 7.04. The van der Waals surface area contributed by atoms with E-state index < -0.39 is 0 Å². The molecule has 0 unspecified atom stereocenters. The molecule has 1 N–H and O–H groups in total. The number of hydrogen-bond acceptors (Lipinski definition) is 5. The summed E-state index contributed by atoms with van der Waals surface area (Å²) < 4.78 is 5.26. The summed E-state index contributed by atoms with van der Waals surface area (Å²) in [5.74, 6) is 0.747. The predicted molar refractivity (Wildman–Crippen MR) is 76.4 cm³/mol. The number of aromatic nitrogens is 1.